The number of carbonyl (C=O) groups excluding carboxylic acids is 1. The molecule has 0 unspecified atom stereocenters. The van der Waals surface area contributed by atoms with Gasteiger partial charge < -0.3 is 14.4 Å². The lowest BCUT2D eigenvalue weighted by Crippen LogP contribution is -2.29. The molecule has 0 saturated carbocycles. The third kappa shape index (κ3) is 7.63. The lowest BCUT2D eigenvalue weighted by molar-refractivity contribution is -0.122. The maximum Gasteiger partial charge on any atom is 0.266 e. The average Bonchev–Trinajstić information content (AvgIpc) is 3.31. The highest BCUT2D eigenvalue weighted by Gasteiger charge is 2.32. The maximum atomic E-state index is 13.5. The van der Waals surface area contributed by atoms with Gasteiger partial charge in [0.15, 0.2) is 16.7 Å². The number of halogens is 2. The van der Waals surface area contributed by atoms with Gasteiger partial charge in [0, 0.05) is 46.5 Å². The Bertz CT molecular complexity index is 1570. The minimum absolute atomic E-state index is 0.0675. The number of amidine groups is 1. The third-order valence-corrected chi connectivity index (χ3v) is 9.10. The number of rotatable bonds is 11. The van der Waals surface area contributed by atoms with Crippen molar-refractivity contribution in [3.05, 3.63) is 98.9 Å². The second-order valence-corrected chi connectivity index (χ2v) is 12.4. The van der Waals surface area contributed by atoms with E-state index in [9.17, 15) is 4.79 Å². The van der Waals surface area contributed by atoms with E-state index in [4.69, 9.17) is 37.7 Å². The number of allylic oxidation sites excluding steroid dienone is 1. The average molecular weight is 651 g/mol. The number of aliphatic imine (C=N–C) groups is 1. The predicted octanol–water partition coefficient (Wildman–Crippen LogP) is 9.31. The number of thioether (sulfide) groups is 1. The highest BCUT2D eigenvalue weighted by Crippen LogP contribution is 2.39. The Labute approximate surface area is 274 Å². The van der Waals surface area contributed by atoms with Gasteiger partial charge in [-0.15, -0.1) is 6.58 Å². The molecule has 0 aromatic heterocycles. The zero-order valence-electron chi connectivity index (χ0n) is 25.2. The van der Waals surface area contributed by atoms with Crippen LogP contribution >= 0.6 is 35.0 Å². The molecular formula is C35H37Cl2N3O3S. The van der Waals surface area contributed by atoms with E-state index in [2.05, 4.69) is 23.6 Å². The van der Waals surface area contributed by atoms with Crippen LogP contribution in [0.25, 0.3) is 6.08 Å². The number of piperidine rings is 1. The smallest absolute Gasteiger partial charge is 0.266 e. The van der Waals surface area contributed by atoms with Gasteiger partial charge in [-0.05, 0) is 111 Å². The first-order valence-corrected chi connectivity index (χ1v) is 16.6. The van der Waals surface area contributed by atoms with Crippen LogP contribution in [0.4, 0.5) is 11.4 Å². The van der Waals surface area contributed by atoms with Gasteiger partial charge in [0.1, 0.15) is 6.61 Å². The Morgan fingerprint density at radius 1 is 0.977 bits per heavy atom. The van der Waals surface area contributed by atoms with Crippen LogP contribution in [0.5, 0.6) is 11.5 Å². The van der Waals surface area contributed by atoms with Crippen molar-refractivity contribution in [2.75, 3.05) is 31.1 Å². The van der Waals surface area contributed by atoms with Gasteiger partial charge in [-0.1, -0.05) is 35.3 Å². The molecule has 230 valence electrons. The van der Waals surface area contributed by atoms with Crippen molar-refractivity contribution in [3.63, 3.8) is 0 Å². The van der Waals surface area contributed by atoms with Crippen molar-refractivity contribution in [2.24, 2.45) is 4.99 Å². The molecule has 0 bridgehead atoms. The molecule has 2 saturated heterocycles. The van der Waals surface area contributed by atoms with E-state index in [-0.39, 0.29) is 12.5 Å². The van der Waals surface area contributed by atoms with Crippen LogP contribution in [0.15, 0.2) is 77.1 Å². The van der Waals surface area contributed by atoms with E-state index < -0.39 is 0 Å². The van der Waals surface area contributed by atoms with Crippen molar-refractivity contribution in [3.8, 4) is 11.5 Å². The lowest BCUT2D eigenvalue weighted by Gasteiger charge is -2.28. The number of carbonyl (C=O) groups is 1. The summed E-state index contributed by atoms with van der Waals surface area (Å²) in [5, 5.41) is 1.78. The molecule has 2 aliphatic heterocycles. The molecule has 0 N–H and O–H groups in total. The second kappa shape index (κ2) is 15.1. The predicted molar refractivity (Wildman–Crippen MR) is 185 cm³/mol. The molecule has 2 heterocycles. The summed E-state index contributed by atoms with van der Waals surface area (Å²) in [5.41, 5.74) is 4.60. The summed E-state index contributed by atoms with van der Waals surface area (Å²) in [6.45, 7) is 11.2. The third-order valence-electron chi connectivity index (χ3n) is 7.50. The van der Waals surface area contributed by atoms with Gasteiger partial charge in [0.05, 0.1) is 17.2 Å². The van der Waals surface area contributed by atoms with Crippen LogP contribution in [-0.2, 0) is 17.8 Å². The van der Waals surface area contributed by atoms with Gasteiger partial charge in [0.25, 0.3) is 5.91 Å². The molecule has 3 aromatic rings. The van der Waals surface area contributed by atoms with Gasteiger partial charge in [-0.25, -0.2) is 4.99 Å². The minimum Gasteiger partial charge on any atom is -0.490 e. The molecule has 0 aliphatic carbocycles. The minimum atomic E-state index is -0.0675. The first-order chi connectivity index (χ1) is 21.4. The molecule has 0 radical (unpaired) electrons. The van der Waals surface area contributed by atoms with Crippen molar-refractivity contribution >= 4 is 63.5 Å². The fraction of sp³-hybridized carbons (Fsp3) is 0.314. The number of benzene rings is 3. The fourth-order valence-corrected chi connectivity index (χ4v) is 6.84. The second-order valence-electron chi connectivity index (χ2n) is 10.6. The number of likely N-dealkylation sites (N-methyl/N-ethyl adjacent to an activating group) is 1. The first-order valence-electron chi connectivity index (χ1n) is 15.0. The largest absolute Gasteiger partial charge is 0.490 e. The number of hydrogen-bond acceptors (Lipinski definition) is 6. The highest BCUT2D eigenvalue weighted by molar-refractivity contribution is 8.18. The van der Waals surface area contributed by atoms with E-state index in [1.54, 1.807) is 17.0 Å². The molecule has 2 fully saturated rings. The topological polar surface area (TPSA) is 54.4 Å². The van der Waals surface area contributed by atoms with Gasteiger partial charge in [0.2, 0.25) is 0 Å². The standard InChI is InChI=1S/C35H37Cl2N3O3S/c1-4-10-25-19-24(20-31(42-6-3)33(25)43-23-26-11-12-27(36)22-30(26)37)21-32-34(41)40(5-2)35(44-32)38-28-13-15-29(16-14-28)39-17-8-7-9-18-39/h4,11-16,19-22H,1,5-10,17-18,23H2,2-3H3/b32-21-,38-35?. The zero-order valence-corrected chi connectivity index (χ0v) is 27.5. The molecule has 5 rings (SSSR count). The first kappa shape index (κ1) is 32.0. The monoisotopic (exact) mass is 649 g/mol. The van der Waals surface area contributed by atoms with E-state index in [1.165, 1.54) is 36.7 Å². The maximum absolute atomic E-state index is 13.5. The summed E-state index contributed by atoms with van der Waals surface area (Å²) in [7, 11) is 0. The van der Waals surface area contributed by atoms with Crippen molar-refractivity contribution in [1.82, 2.24) is 4.90 Å². The number of nitrogens with zero attached hydrogens (tertiary/aromatic N) is 3. The Balaban J connectivity index is 1.40. The van der Waals surface area contributed by atoms with E-state index in [0.717, 1.165) is 35.5 Å². The van der Waals surface area contributed by atoms with Crippen LogP contribution in [0.2, 0.25) is 10.0 Å². The number of hydrogen-bond donors (Lipinski definition) is 0. The zero-order chi connectivity index (χ0) is 31.1. The van der Waals surface area contributed by atoms with Crippen LogP contribution in [0.3, 0.4) is 0 Å². The summed E-state index contributed by atoms with van der Waals surface area (Å²) >= 11 is 13.8. The number of amides is 1. The Morgan fingerprint density at radius 2 is 1.75 bits per heavy atom. The molecule has 3 aromatic carbocycles. The van der Waals surface area contributed by atoms with Crippen LogP contribution < -0.4 is 14.4 Å². The summed E-state index contributed by atoms with van der Waals surface area (Å²) in [4.78, 5) is 23.1. The van der Waals surface area contributed by atoms with E-state index in [1.807, 2.05) is 56.3 Å². The van der Waals surface area contributed by atoms with Crippen molar-refractivity contribution < 1.29 is 14.3 Å². The van der Waals surface area contributed by atoms with Crippen LogP contribution in [0, 0.1) is 0 Å². The number of ether oxygens (including phenoxy) is 2. The molecule has 0 spiro atoms. The summed E-state index contributed by atoms with van der Waals surface area (Å²) in [5.74, 6) is 1.15. The van der Waals surface area contributed by atoms with Gasteiger partial charge in [-0.3, -0.25) is 9.69 Å². The van der Waals surface area contributed by atoms with Gasteiger partial charge >= 0.3 is 0 Å². The molecular weight excluding hydrogens is 613 g/mol. The van der Waals surface area contributed by atoms with Crippen LogP contribution in [-0.4, -0.2) is 42.2 Å². The normalized spacial score (nSPS) is 17.0. The van der Waals surface area contributed by atoms with Crippen molar-refractivity contribution in [2.45, 2.75) is 46.1 Å². The summed E-state index contributed by atoms with van der Waals surface area (Å²) in [6.07, 6.45) is 8.04. The van der Waals surface area contributed by atoms with E-state index in [0.29, 0.717) is 51.2 Å². The van der Waals surface area contributed by atoms with Crippen molar-refractivity contribution in [1.29, 1.82) is 0 Å². The number of anilines is 1. The SMILES string of the molecule is C=CCc1cc(/C=C2\SC(=Nc3ccc(N4CCCCC4)cc3)N(CC)C2=O)cc(OCC)c1OCc1ccc(Cl)cc1Cl. The summed E-state index contributed by atoms with van der Waals surface area (Å²) in [6, 6.07) is 17.6. The van der Waals surface area contributed by atoms with E-state index >= 15 is 0 Å². The molecule has 1 amide bonds. The molecule has 6 nitrogen and oxygen atoms in total. The molecule has 44 heavy (non-hydrogen) atoms. The molecule has 9 heteroatoms. The Kier molecular flexibility index (Phi) is 11.0. The Morgan fingerprint density at radius 3 is 2.43 bits per heavy atom. The summed E-state index contributed by atoms with van der Waals surface area (Å²) < 4.78 is 12.3. The Hall–Kier alpha value is -3.39. The highest BCUT2D eigenvalue weighted by atomic mass is 35.5. The lowest BCUT2D eigenvalue weighted by atomic mass is 10.0. The quantitative estimate of drug-likeness (QED) is 0.153. The fourth-order valence-electron chi connectivity index (χ4n) is 5.31. The van der Waals surface area contributed by atoms with Crippen LogP contribution in [0.1, 0.15) is 49.8 Å². The molecule has 0 atom stereocenters. The molecule has 2 aliphatic rings. The van der Waals surface area contributed by atoms with Gasteiger partial charge in [-0.2, -0.15) is 0 Å².